The molecule has 4 rings (SSSR count). The van der Waals surface area contributed by atoms with Crippen LogP contribution in [0.2, 0.25) is 0 Å². The lowest BCUT2D eigenvalue weighted by Crippen LogP contribution is -2.34. The van der Waals surface area contributed by atoms with E-state index in [1.807, 2.05) is 0 Å². The van der Waals surface area contributed by atoms with E-state index in [9.17, 15) is 0 Å². The van der Waals surface area contributed by atoms with Crippen molar-refractivity contribution in [3.63, 3.8) is 0 Å². The summed E-state index contributed by atoms with van der Waals surface area (Å²) < 4.78 is 2.27. The minimum atomic E-state index is 0.624. The van der Waals surface area contributed by atoms with Gasteiger partial charge in [-0.3, -0.25) is 0 Å². The van der Waals surface area contributed by atoms with Crippen molar-refractivity contribution in [2.45, 2.75) is 38.6 Å². The number of nitrogens with zero attached hydrogens (tertiary/aromatic N) is 2. The van der Waals surface area contributed by atoms with Gasteiger partial charge in [0.2, 0.25) is 0 Å². The summed E-state index contributed by atoms with van der Waals surface area (Å²) in [4.78, 5) is 1.32. The molecule has 0 saturated heterocycles. The molecule has 0 amide bonds. The summed E-state index contributed by atoms with van der Waals surface area (Å²) in [6.07, 6.45) is 5.39. The van der Waals surface area contributed by atoms with Gasteiger partial charge in [0.15, 0.2) is 0 Å². The molecule has 1 saturated carbocycles. The molecular formula is C15H19N3S. The number of hydrogen-bond donors (Lipinski definition) is 1. The van der Waals surface area contributed by atoms with Crippen LogP contribution in [0, 0.1) is 12.8 Å². The zero-order chi connectivity index (χ0) is 12.8. The second-order valence-corrected chi connectivity index (χ2v) is 6.70. The van der Waals surface area contributed by atoms with Gasteiger partial charge in [0, 0.05) is 12.6 Å². The molecule has 1 aliphatic carbocycles. The molecule has 19 heavy (non-hydrogen) atoms. The molecule has 0 radical (unpaired) electrons. The van der Waals surface area contributed by atoms with Gasteiger partial charge in [-0.05, 0) is 42.7 Å². The summed E-state index contributed by atoms with van der Waals surface area (Å²) in [5.74, 6) is 1.99. The van der Waals surface area contributed by atoms with E-state index in [4.69, 9.17) is 5.10 Å². The number of anilines is 1. The Hall–Kier alpha value is -1.29. The van der Waals surface area contributed by atoms with E-state index in [-0.39, 0.29) is 0 Å². The highest BCUT2D eigenvalue weighted by molar-refractivity contribution is 7.13. The predicted octanol–water partition coefficient (Wildman–Crippen LogP) is 4.08. The molecule has 0 bridgehead atoms. The number of rotatable bonds is 1. The van der Waals surface area contributed by atoms with Crippen molar-refractivity contribution in [1.29, 1.82) is 0 Å². The molecule has 3 nitrogen and oxygen atoms in total. The first kappa shape index (κ1) is 11.5. The molecule has 0 spiro atoms. The molecule has 2 aromatic rings. The van der Waals surface area contributed by atoms with Gasteiger partial charge in [0.05, 0.1) is 10.9 Å². The first-order valence-electron chi connectivity index (χ1n) is 7.21. The van der Waals surface area contributed by atoms with Gasteiger partial charge < -0.3 is 5.32 Å². The number of nitrogens with one attached hydrogen (secondary N) is 1. The fourth-order valence-electron chi connectivity index (χ4n) is 3.51. The summed E-state index contributed by atoms with van der Waals surface area (Å²) in [6, 6.07) is 5.03. The largest absolute Gasteiger partial charge is 0.370 e. The quantitative estimate of drug-likeness (QED) is 0.848. The molecule has 1 aliphatic heterocycles. The van der Waals surface area contributed by atoms with Crippen molar-refractivity contribution in [2.24, 2.45) is 5.92 Å². The first-order chi connectivity index (χ1) is 9.33. The number of hydrogen-bond acceptors (Lipinski definition) is 3. The highest BCUT2D eigenvalue weighted by atomic mass is 32.1. The molecule has 0 aromatic carbocycles. The van der Waals surface area contributed by atoms with Crippen LogP contribution in [0.5, 0.6) is 0 Å². The van der Waals surface area contributed by atoms with Crippen molar-refractivity contribution in [3.8, 4) is 10.6 Å². The lowest BCUT2D eigenvalue weighted by molar-refractivity contribution is 0.223. The average molecular weight is 273 g/mol. The van der Waals surface area contributed by atoms with Crippen LogP contribution in [-0.4, -0.2) is 16.3 Å². The molecule has 1 fully saturated rings. The Morgan fingerprint density at radius 2 is 2.26 bits per heavy atom. The van der Waals surface area contributed by atoms with Crippen LogP contribution in [0.25, 0.3) is 10.6 Å². The van der Waals surface area contributed by atoms with Crippen LogP contribution in [0.3, 0.4) is 0 Å². The second-order valence-electron chi connectivity index (χ2n) is 5.78. The molecule has 2 aromatic heterocycles. The maximum atomic E-state index is 4.90. The Morgan fingerprint density at radius 1 is 1.37 bits per heavy atom. The topological polar surface area (TPSA) is 29.9 Å². The van der Waals surface area contributed by atoms with Gasteiger partial charge in [-0.25, -0.2) is 4.68 Å². The van der Waals surface area contributed by atoms with Crippen LogP contribution in [0.4, 0.5) is 5.82 Å². The predicted molar refractivity (Wildman–Crippen MR) is 79.8 cm³/mol. The Morgan fingerprint density at radius 3 is 3.11 bits per heavy atom. The summed E-state index contributed by atoms with van der Waals surface area (Å²) in [6.45, 7) is 3.29. The fourth-order valence-corrected chi connectivity index (χ4v) is 4.39. The van der Waals surface area contributed by atoms with Crippen LogP contribution < -0.4 is 5.32 Å². The van der Waals surface area contributed by atoms with Gasteiger partial charge in [-0.2, -0.15) is 5.10 Å². The smallest absolute Gasteiger partial charge is 0.125 e. The van der Waals surface area contributed by atoms with Crippen molar-refractivity contribution in [2.75, 3.05) is 11.9 Å². The summed E-state index contributed by atoms with van der Waals surface area (Å²) >= 11 is 1.79. The molecular weight excluding hydrogens is 254 g/mol. The normalized spacial score (nSPS) is 25.5. The van der Waals surface area contributed by atoms with Gasteiger partial charge in [-0.15, -0.1) is 11.3 Å². The third-order valence-electron chi connectivity index (χ3n) is 4.56. The van der Waals surface area contributed by atoms with Crippen molar-refractivity contribution < 1.29 is 0 Å². The summed E-state index contributed by atoms with van der Waals surface area (Å²) in [5.41, 5.74) is 2.47. The Bertz CT molecular complexity index is 598. The van der Waals surface area contributed by atoms with Crippen molar-refractivity contribution in [3.05, 3.63) is 23.1 Å². The molecule has 4 heteroatoms. The minimum absolute atomic E-state index is 0.624. The van der Waals surface area contributed by atoms with E-state index in [2.05, 4.69) is 34.4 Å². The highest BCUT2D eigenvalue weighted by Crippen LogP contribution is 2.40. The molecule has 2 atom stereocenters. The number of thiophene rings is 1. The van der Waals surface area contributed by atoms with Crippen LogP contribution >= 0.6 is 11.3 Å². The molecule has 3 heterocycles. The van der Waals surface area contributed by atoms with E-state index in [0.717, 1.165) is 18.2 Å². The Kier molecular flexibility index (Phi) is 2.65. The highest BCUT2D eigenvalue weighted by Gasteiger charge is 2.32. The summed E-state index contributed by atoms with van der Waals surface area (Å²) in [7, 11) is 0. The maximum absolute atomic E-state index is 4.90. The third kappa shape index (κ3) is 1.81. The van der Waals surface area contributed by atoms with E-state index in [0.29, 0.717) is 6.04 Å². The van der Waals surface area contributed by atoms with Crippen LogP contribution in [0.15, 0.2) is 17.5 Å². The molecule has 1 N–H and O–H groups in total. The second kappa shape index (κ2) is 4.37. The fraction of sp³-hybridized carbons (Fsp3) is 0.533. The minimum Gasteiger partial charge on any atom is -0.370 e. The number of aromatic nitrogens is 2. The zero-order valence-corrected chi connectivity index (χ0v) is 12.0. The van der Waals surface area contributed by atoms with Gasteiger partial charge >= 0.3 is 0 Å². The maximum Gasteiger partial charge on any atom is 0.125 e. The van der Waals surface area contributed by atoms with Crippen molar-refractivity contribution >= 4 is 17.2 Å². The summed E-state index contributed by atoms with van der Waals surface area (Å²) in [5, 5.41) is 10.6. The molecule has 2 unspecified atom stereocenters. The zero-order valence-electron chi connectivity index (χ0n) is 11.2. The van der Waals surface area contributed by atoms with Gasteiger partial charge in [0.25, 0.3) is 0 Å². The number of fused-ring (bicyclic) bond motifs is 3. The molecule has 2 aliphatic rings. The van der Waals surface area contributed by atoms with E-state index >= 15 is 0 Å². The van der Waals surface area contributed by atoms with Crippen LogP contribution in [-0.2, 0) is 0 Å². The first-order valence-corrected chi connectivity index (χ1v) is 8.09. The van der Waals surface area contributed by atoms with Gasteiger partial charge in [0.1, 0.15) is 11.5 Å². The number of aryl methyl sites for hydroxylation is 1. The monoisotopic (exact) mass is 273 g/mol. The van der Waals surface area contributed by atoms with Crippen molar-refractivity contribution in [1.82, 2.24) is 9.78 Å². The van der Waals surface area contributed by atoms with Gasteiger partial charge in [-0.1, -0.05) is 12.8 Å². The van der Waals surface area contributed by atoms with E-state index in [1.165, 1.54) is 41.9 Å². The molecule has 100 valence electrons. The lowest BCUT2D eigenvalue weighted by atomic mass is 9.83. The Labute approximate surface area is 117 Å². The lowest BCUT2D eigenvalue weighted by Gasteiger charge is -2.36. The Balaban J connectivity index is 1.75. The average Bonchev–Trinajstić information content (AvgIpc) is 3.04. The van der Waals surface area contributed by atoms with E-state index in [1.54, 1.807) is 11.3 Å². The van der Waals surface area contributed by atoms with Crippen LogP contribution in [0.1, 0.15) is 37.3 Å². The standard InChI is InChI=1S/C15H19N3S/c1-10-6-7-19-15(10)12-8-14-16-9-11-4-2-3-5-13(11)18(14)17-12/h6-8,11,13,16H,2-5,9H2,1H3. The van der Waals surface area contributed by atoms with E-state index < -0.39 is 0 Å². The third-order valence-corrected chi connectivity index (χ3v) is 5.60. The SMILES string of the molecule is Cc1ccsc1-c1cc2n(n1)C1CCCCC1CN2.